The summed E-state index contributed by atoms with van der Waals surface area (Å²) < 4.78 is 6.39. The van der Waals surface area contributed by atoms with Crippen LogP contribution in [-0.2, 0) is 4.79 Å². The Kier molecular flexibility index (Phi) is 8.13. The third-order valence-electron chi connectivity index (χ3n) is 7.38. The first-order valence-corrected chi connectivity index (χ1v) is 12.7. The van der Waals surface area contributed by atoms with Gasteiger partial charge in [-0.15, -0.1) is 0 Å². The fourth-order valence-corrected chi connectivity index (χ4v) is 5.58. The van der Waals surface area contributed by atoms with Crippen molar-refractivity contribution in [3.05, 3.63) is 28.8 Å². The summed E-state index contributed by atoms with van der Waals surface area (Å²) in [5.41, 5.74) is 1.26. The second-order valence-corrected chi connectivity index (χ2v) is 9.87. The summed E-state index contributed by atoms with van der Waals surface area (Å²) in [5, 5.41) is 0.728. The second kappa shape index (κ2) is 11.0. The van der Waals surface area contributed by atoms with Gasteiger partial charge in [-0.3, -0.25) is 14.6 Å². The molecule has 5 nitrogen and oxygen atoms in total. The van der Waals surface area contributed by atoms with Crippen molar-refractivity contribution >= 4 is 17.5 Å². The van der Waals surface area contributed by atoms with Gasteiger partial charge in [0.05, 0.1) is 6.54 Å². The predicted octanol–water partition coefficient (Wildman–Crippen LogP) is 4.40. The molecule has 0 N–H and O–H groups in total. The van der Waals surface area contributed by atoms with E-state index in [-0.39, 0.29) is 0 Å². The SMILES string of the molecule is CCC(COc1cc(Cl)ccc1C1CCN(C(=O)CN2CCCC2)CC1)N1CCCC1. The van der Waals surface area contributed by atoms with Crippen LogP contribution in [0.15, 0.2) is 18.2 Å². The number of nitrogens with zero attached hydrogens (tertiary/aromatic N) is 3. The fourth-order valence-electron chi connectivity index (χ4n) is 5.42. The van der Waals surface area contributed by atoms with E-state index in [1.54, 1.807) is 0 Å². The monoisotopic (exact) mass is 447 g/mol. The predicted molar refractivity (Wildman–Crippen MR) is 126 cm³/mol. The van der Waals surface area contributed by atoms with E-state index in [2.05, 4.69) is 27.7 Å². The van der Waals surface area contributed by atoms with Crippen LogP contribution in [0, 0.1) is 0 Å². The van der Waals surface area contributed by atoms with E-state index < -0.39 is 0 Å². The van der Waals surface area contributed by atoms with Gasteiger partial charge in [0.15, 0.2) is 0 Å². The highest BCUT2D eigenvalue weighted by Crippen LogP contribution is 2.36. The molecule has 4 rings (SSSR count). The number of halogens is 1. The highest BCUT2D eigenvalue weighted by atomic mass is 35.5. The summed E-state index contributed by atoms with van der Waals surface area (Å²) in [6.07, 6.45) is 8.15. The largest absolute Gasteiger partial charge is 0.492 e. The molecule has 0 radical (unpaired) electrons. The van der Waals surface area contributed by atoms with Crippen molar-refractivity contribution < 1.29 is 9.53 Å². The Bertz CT molecular complexity index is 723. The molecule has 6 heteroatoms. The summed E-state index contributed by atoms with van der Waals surface area (Å²) in [7, 11) is 0. The molecule has 0 spiro atoms. The number of ether oxygens (including phenoxy) is 1. The smallest absolute Gasteiger partial charge is 0.236 e. The highest BCUT2D eigenvalue weighted by Gasteiger charge is 2.28. The molecule has 1 atom stereocenters. The van der Waals surface area contributed by atoms with Crippen LogP contribution in [0.2, 0.25) is 5.02 Å². The van der Waals surface area contributed by atoms with E-state index >= 15 is 0 Å². The number of benzene rings is 1. The van der Waals surface area contributed by atoms with Gasteiger partial charge in [0, 0.05) is 24.2 Å². The minimum atomic E-state index is 0.296. The maximum atomic E-state index is 12.7. The topological polar surface area (TPSA) is 36.0 Å². The Hall–Kier alpha value is -1.30. The Morgan fingerprint density at radius 1 is 1.06 bits per heavy atom. The van der Waals surface area contributed by atoms with Crippen molar-refractivity contribution in [3.8, 4) is 5.75 Å². The van der Waals surface area contributed by atoms with Crippen molar-refractivity contribution in [2.24, 2.45) is 0 Å². The van der Waals surface area contributed by atoms with Gasteiger partial charge >= 0.3 is 0 Å². The number of piperidine rings is 1. The molecule has 3 fully saturated rings. The molecule has 1 aromatic carbocycles. The summed E-state index contributed by atoms with van der Waals surface area (Å²) >= 11 is 6.33. The van der Waals surface area contributed by atoms with Crippen LogP contribution in [0.25, 0.3) is 0 Å². The summed E-state index contributed by atoms with van der Waals surface area (Å²) in [4.78, 5) is 19.6. The minimum Gasteiger partial charge on any atom is -0.492 e. The molecular formula is C25H38ClN3O2. The van der Waals surface area contributed by atoms with Gasteiger partial charge in [-0.1, -0.05) is 24.6 Å². The first kappa shape index (κ1) is 22.9. The number of likely N-dealkylation sites (tertiary alicyclic amines) is 3. The number of carbonyl (C=O) groups is 1. The van der Waals surface area contributed by atoms with Gasteiger partial charge in [-0.2, -0.15) is 0 Å². The van der Waals surface area contributed by atoms with Crippen LogP contribution in [0.4, 0.5) is 0 Å². The summed E-state index contributed by atoms with van der Waals surface area (Å²) in [5.74, 6) is 1.66. The quantitative estimate of drug-likeness (QED) is 0.592. The van der Waals surface area contributed by atoms with Crippen molar-refractivity contribution in [1.82, 2.24) is 14.7 Å². The van der Waals surface area contributed by atoms with Crippen LogP contribution in [-0.4, -0.2) is 79.1 Å². The molecule has 31 heavy (non-hydrogen) atoms. The lowest BCUT2D eigenvalue weighted by molar-refractivity contribution is -0.133. The first-order valence-electron chi connectivity index (χ1n) is 12.3. The average Bonchev–Trinajstić information content (AvgIpc) is 3.49. The highest BCUT2D eigenvalue weighted by molar-refractivity contribution is 6.30. The molecular weight excluding hydrogens is 410 g/mol. The van der Waals surface area contributed by atoms with E-state index in [1.807, 2.05) is 12.1 Å². The van der Waals surface area contributed by atoms with Gasteiger partial charge in [-0.25, -0.2) is 0 Å². The number of hydrogen-bond acceptors (Lipinski definition) is 4. The lowest BCUT2D eigenvalue weighted by Gasteiger charge is -2.34. The molecule has 1 aromatic rings. The number of amides is 1. The van der Waals surface area contributed by atoms with Crippen LogP contribution < -0.4 is 4.74 Å². The zero-order valence-electron chi connectivity index (χ0n) is 19.0. The van der Waals surface area contributed by atoms with Crippen LogP contribution in [0.5, 0.6) is 5.75 Å². The van der Waals surface area contributed by atoms with Crippen LogP contribution >= 0.6 is 11.6 Å². The summed E-state index contributed by atoms with van der Waals surface area (Å²) in [6, 6.07) is 6.57. The van der Waals surface area contributed by atoms with Gasteiger partial charge in [0.1, 0.15) is 12.4 Å². The van der Waals surface area contributed by atoms with Gasteiger partial charge < -0.3 is 9.64 Å². The standard InChI is InChI=1S/C25H38ClN3O2/c1-2-22(28-13-5-6-14-28)19-31-24-17-21(26)7-8-23(24)20-9-15-29(16-10-20)25(30)18-27-11-3-4-12-27/h7-8,17,20,22H,2-6,9-16,18-19H2,1H3. The number of hydrogen-bond donors (Lipinski definition) is 0. The van der Waals surface area contributed by atoms with Crippen LogP contribution in [0.1, 0.15) is 63.4 Å². The molecule has 172 valence electrons. The van der Waals surface area contributed by atoms with Crippen molar-refractivity contribution in [2.75, 3.05) is 52.4 Å². The van der Waals surface area contributed by atoms with E-state index in [4.69, 9.17) is 16.3 Å². The van der Waals surface area contributed by atoms with Crippen LogP contribution in [0.3, 0.4) is 0 Å². The molecule has 1 unspecified atom stereocenters. The van der Waals surface area contributed by atoms with Crippen molar-refractivity contribution in [2.45, 2.75) is 63.8 Å². The van der Waals surface area contributed by atoms with E-state index in [1.165, 1.54) is 44.3 Å². The molecule has 3 saturated heterocycles. The van der Waals surface area contributed by atoms with Gasteiger partial charge in [0.25, 0.3) is 0 Å². The van der Waals surface area contributed by atoms with Gasteiger partial charge in [-0.05, 0) is 94.7 Å². The molecule has 1 amide bonds. The fraction of sp³-hybridized carbons (Fsp3) is 0.720. The van der Waals surface area contributed by atoms with E-state index in [9.17, 15) is 4.79 Å². The molecule has 3 heterocycles. The number of carbonyl (C=O) groups excluding carboxylic acids is 1. The number of rotatable bonds is 8. The minimum absolute atomic E-state index is 0.296. The third kappa shape index (κ3) is 5.94. The molecule has 3 aliphatic rings. The zero-order chi connectivity index (χ0) is 21.6. The third-order valence-corrected chi connectivity index (χ3v) is 7.62. The average molecular weight is 448 g/mol. The maximum Gasteiger partial charge on any atom is 0.236 e. The lowest BCUT2D eigenvalue weighted by atomic mass is 9.88. The molecule has 0 bridgehead atoms. The summed E-state index contributed by atoms with van der Waals surface area (Å²) in [6.45, 7) is 9.76. The lowest BCUT2D eigenvalue weighted by Crippen LogP contribution is -2.43. The molecule has 0 aromatic heterocycles. The Labute approximate surface area is 192 Å². The molecule has 0 aliphatic carbocycles. The van der Waals surface area contributed by atoms with Crippen molar-refractivity contribution in [1.29, 1.82) is 0 Å². The van der Waals surface area contributed by atoms with Gasteiger partial charge in [0.2, 0.25) is 5.91 Å². The normalized spacial score (nSPS) is 22.2. The second-order valence-electron chi connectivity index (χ2n) is 9.44. The first-order chi connectivity index (χ1) is 15.1. The Morgan fingerprint density at radius 3 is 2.42 bits per heavy atom. The van der Waals surface area contributed by atoms with E-state index in [0.717, 1.165) is 62.8 Å². The molecule has 0 saturated carbocycles. The zero-order valence-corrected chi connectivity index (χ0v) is 19.8. The Morgan fingerprint density at radius 2 is 1.74 bits per heavy atom. The van der Waals surface area contributed by atoms with E-state index in [0.29, 0.717) is 24.4 Å². The maximum absolute atomic E-state index is 12.7. The van der Waals surface area contributed by atoms with Crippen molar-refractivity contribution in [3.63, 3.8) is 0 Å². The molecule has 3 aliphatic heterocycles. The Balaban J connectivity index is 1.34.